The first-order valence-corrected chi connectivity index (χ1v) is 9.19. The predicted octanol–water partition coefficient (Wildman–Crippen LogP) is 4.12. The zero-order valence-corrected chi connectivity index (χ0v) is 15.8. The number of aryl methyl sites for hydroxylation is 1. The van der Waals surface area contributed by atoms with Crippen molar-refractivity contribution in [1.29, 1.82) is 0 Å². The number of ether oxygens (including phenoxy) is 1. The summed E-state index contributed by atoms with van der Waals surface area (Å²) in [5.74, 6) is -1.14. The maximum Gasteiger partial charge on any atom is 0.337 e. The van der Waals surface area contributed by atoms with Crippen molar-refractivity contribution < 1.29 is 19.4 Å². The van der Waals surface area contributed by atoms with Crippen LogP contribution in [-0.2, 0) is 17.6 Å². The number of esters is 1. The van der Waals surface area contributed by atoms with Crippen LogP contribution in [-0.4, -0.2) is 29.1 Å². The fraction of sp³-hybridized carbons (Fsp3) is 0.190. The number of aromatic nitrogens is 1. The highest BCUT2D eigenvalue weighted by atomic mass is 35.5. The molecule has 0 saturated carbocycles. The number of fused-ring (bicyclic) bond motifs is 2. The molecule has 4 rings (SSSR count). The molecule has 1 aliphatic rings. The number of nitrogens with zero attached hydrogens (tertiary/aromatic N) is 1. The van der Waals surface area contributed by atoms with Crippen LogP contribution >= 0.6 is 11.6 Å². The number of carbonyl (C=O) groups is 2. The second-order valence-corrected chi connectivity index (χ2v) is 7.04. The van der Waals surface area contributed by atoms with Crippen molar-refractivity contribution >= 4 is 40.1 Å². The largest absolute Gasteiger partial charge is 0.506 e. The summed E-state index contributed by atoms with van der Waals surface area (Å²) in [4.78, 5) is 29.4. The first-order chi connectivity index (χ1) is 13.5. The fourth-order valence-corrected chi connectivity index (χ4v) is 3.73. The maximum atomic E-state index is 13.1. The number of anilines is 1. The topological polar surface area (TPSA) is 88.5 Å². The van der Waals surface area contributed by atoms with Crippen LogP contribution in [0.15, 0.2) is 36.4 Å². The molecule has 28 heavy (non-hydrogen) atoms. The molecule has 7 heteroatoms. The molecule has 0 radical (unpaired) electrons. The van der Waals surface area contributed by atoms with Crippen molar-refractivity contribution in [3.8, 4) is 5.75 Å². The number of methoxy groups -OCH3 is 1. The molecule has 1 amide bonds. The van der Waals surface area contributed by atoms with Crippen LogP contribution in [0.1, 0.15) is 38.4 Å². The molecule has 0 saturated heterocycles. The Bertz CT molecular complexity index is 1130. The molecule has 0 bridgehead atoms. The molecule has 0 aliphatic heterocycles. The standard InChI is InChI=1S/C21H17ClN2O4/c1-28-21(27)11-5-7-17(18(25)9-11)24-20(26)19-13-3-2-4-15(13)23-16-8-6-12(22)10-14(16)19/h5-10,25H,2-4H2,1H3,(H,24,26). The highest BCUT2D eigenvalue weighted by Crippen LogP contribution is 2.33. The molecular formula is C21H17ClN2O4. The number of aromatic hydroxyl groups is 1. The van der Waals surface area contributed by atoms with E-state index in [1.54, 1.807) is 18.2 Å². The minimum atomic E-state index is -0.569. The molecule has 6 nitrogen and oxygen atoms in total. The third kappa shape index (κ3) is 3.16. The summed E-state index contributed by atoms with van der Waals surface area (Å²) in [7, 11) is 1.26. The van der Waals surface area contributed by atoms with E-state index < -0.39 is 5.97 Å². The van der Waals surface area contributed by atoms with Gasteiger partial charge in [-0.1, -0.05) is 11.6 Å². The van der Waals surface area contributed by atoms with Gasteiger partial charge >= 0.3 is 5.97 Å². The molecular weight excluding hydrogens is 380 g/mol. The molecule has 1 aliphatic carbocycles. The Hall–Kier alpha value is -3.12. The van der Waals surface area contributed by atoms with Crippen LogP contribution in [0.5, 0.6) is 5.75 Å². The zero-order chi connectivity index (χ0) is 19.8. The van der Waals surface area contributed by atoms with Crippen molar-refractivity contribution in [1.82, 2.24) is 4.98 Å². The summed E-state index contributed by atoms with van der Waals surface area (Å²) >= 11 is 6.15. The van der Waals surface area contributed by atoms with E-state index in [0.717, 1.165) is 30.5 Å². The number of halogens is 1. The van der Waals surface area contributed by atoms with Crippen LogP contribution in [0.3, 0.4) is 0 Å². The van der Waals surface area contributed by atoms with Crippen molar-refractivity contribution in [2.45, 2.75) is 19.3 Å². The summed E-state index contributed by atoms with van der Waals surface area (Å²) in [6.07, 6.45) is 2.53. The van der Waals surface area contributed by atoms with Gasteiger partial charge in [-0.2, -0.15) is 0 Å². The monoisotopic (exact) mass is 396 g/mol. The van der Waals surface area contributed by atoms with Gasteiger partial charge in [-0.25, -0.2) is 4.79 Å². The van der Waals surface area contributed by atoms with Gasteiger partial charge in [0.25, 0.3) is 5.91 Å². The first-order valence-electron chi connectivity index (χ1n) is 8.81. The Labute approximate surface area is 166 Å². The van der Waals surface area contributed by atoms with Gasteiger partial charge in [-0.3, -0.25) is 9.78 Å². The quantitative estimate of drug-likeness (QED) is 0.513. The lowest BCUT2D eigenvalue weighted by Crippen LogP contribution is -2.16. The number of pyridine rings is 1. The Morgan fingerprint density at radius 1 is 1.18 bits per heavy atom. The third-order valence-corrected chi connectivity index (χ3v) is 5.10. The summed E-state index contributed by atoms with van der Waals surface area (Å²) < 4.78 is 4.63. The number of hydrogen-bond donors (Lipinski definition) is 2. The predicted molar refractivity (Wildman–Crippen MR) is 106 cm³/mol. The summed E-state index contributed by atoms with van der Waals surface area (Å²) in [5, 5.41) is 14.2. The molecule has 0 spiro atoms. The lowest BCUT2D eigenvalue weighted by atomic mass is 10.0. The minimum absolute atomic E-state index is 0.194. The number of phenols is 1. The summed E-state index contributed by atoms with van der Waals surface area (Å²) in [6.45, 7) is 0. The van der Waals surface area contributed by atoms with Gasteiger partial charge < -0.3 is 15.2 Å². The fourth-order valence-electron chi connectivity index (χ4n) is 3.56. The van der Waals surface area contributed by atoms with Crippen LogP contribution in [0.4, 0.5) is 5.69 Å². The van der Waals surface area contributed by atoms with Crippen LogP contribution < -0.4 is 5.32 Å². The number of amides is 1. The van der Waals surface area contributed by atoms with Crippen LogP contribution in [0, 0.1) is 0 Å². The molecule has 3 aromatic rings. The first kappa shape index (κ1) is 18.3. The van der Waals surface area contributed by atoms with E-state index in [1.807, 2.05) is 0 Å². The number of hydrogen-bond acceptors (Lipinski definition) is 5. The number of phenolic OH excluding ortho intramolecular Hbond substituents is 1. The highest BCUT2D eigenvalue weighted by Gasteiger charge is 2.24. The van der Waals surface area contributed by atoms with Crippen molar-refractivity contribution in [3.63, 3.8) is 0 Å². The van der Waals surface area contributed by atoms with E-state index >= 15 is 0 Å². The third-order valence-electron chi connectivity index (χ3n) is 4.87. The van der Waals surface area contributed by atoms with Crippen LogP contribution in [0.25, 0.3) is 10.9 Å². The molecule has 142 valence electrons. The van der Waals surface area contributed by atoms with Crippen molar-refractivity contribution in [2.75, 3.05) is 12.4 Å². The molecule has 0 unspecified atom stereocenters. The molecule has 1 heterocycles. The number of carbonyl (C=O) groups excluding carboxylic acids is 2. The lowest BCUT2D eigenvalue weighted by Gasteiger charge is -2.14. The Morgan fingerprint density at radius 3 is 2.75 bits per heavy atom. The highest BCUT2D eigenvalue weighted by molar-refractivity contribution is 6.31. The normalized spacial score (nSPS) is 12.6. The van der Waals surface area contributed by atoms with Gasteiger partial charge in [0.2, 0.25) is 0 Å². The van der Waals surface area contributed by atoms with Gasteiger partial charge in [0, 0.05) is 16.1 Å². The van der Waals surface area contributed by atoms with E-state index in [0.29, 0.717) is 21.5 Å². The van der Waals surface area contributed by atoms with Gasteiger partial charge in [0.1, 0.15) is 5.75 Å². The van der Waals surface area contributed by atoms with E-state index in [2.05, 4.69) is 15.0 Å². The molecule has 0 fully saturated rings. The SMILES string of the molecule is COC(=O)c1ccc(NC(=O)c2c3c(nc4ccc(Cl)cc24)CCC3)c(O)c1. The van der Waals surface area contributed by atoms with E-state index in [4.69, 9.17) is 11.6 Å². The Morgan fingerprint density at radius 2 is 2.00 bits per heavy atom. The average molecular weight is 397 g/mol. The number of nitrogens with one attached hydrogen (secondary N) is 1. The molecule has 0 atom stereocenters. The summed E-state index contributed by atoms with van der Waals surface area (Å²) in [5.41, 5.74) is 3.47. The van der Waals surface area contributed by atoms with Crippen molar-refractivity contribution in [3.05, 3.63) is 63.8 Å². The zero-order valence-electron chi connectivity index (χ0n) is 15.1. The second kappa shape index (κ2) is 7.13. The van der Waals surface area contributed by atoms with Crippen molar-refractivity contribution in [2.24, 2.45) is 0 Å². The second-order valence-electron chi connectivity index (χ2n) is 6.60. The molecule has 2 aromatic carbocycles. The maximum absolute atomic E-state index is 13.1. The van der Waals surface area contributed by atoms with Gasteiger partial charge in [0.05, 0.1) is 29.4 Å². The smallest absolute Gasteiger partial charge is 0.337 e. The number of rotatable bonds is 3. The van der Waals surface area contributed by atoms with Gasteiger partial charge in [-0.05, 0) is 61.2 Å². The Balaban J connectivity index is 1.76. The van der Waals surface area contributed by atoms with Gasteiger partial charge in [0.15, 0.2) is 0 Å². The van der Waals surface area contributed by atoms with E-state index in [1.165, 1.54) is 25.3 Å². The number of benzene rings is 2. The molecule has 2 N–H and O–H groups in total. The van der Waals surface area contributed by atoms with E-state index in [-0.39, 0.29) is 22.9 Å². The van der Waals surface area contributed by atoms with Crippen LogP contribution in [0.2, 0.25) is 5.02 Å². The van der Waals surface area contributed by atoms with Gasteiger partial charge in [-0.15, -0.1) is 0 Å². The average Bonchev–Trinajstić information content (AvgIpc) is 3.14. The minimum Gasteiger partial charge on any atom is -0.506 e. The Kier molecular flexibility index (Phi) is 4.65. The molecule has 1 aromatic heterocycles. The summed E-state index contributed by atoms with van der Waals surface area (Å²) in [6, 6.07) is 9.49. The lowest BCUT2D eigenvalue weighted by molar-refractivity contribution is 0.0600. The van der Waals surface area contributed by atoms with E-state index in [9.17, 15) is 14.7 Å².